The highest BCUT2D eigenvalue weighted by Gasteiger charge is 2.14. The number of nitro groups is 1. The van der Waals surface area contributed by atoms with Gasteiger partial charge in [0.2, 0.25) is 0 Å². The summed E-state index contributed by atoms with van der Waals surface area (Å²) in [5.41, 5.74) is 8.06. The van der Waals surface area contributed by atoms with Crippen LogP contribution in [0.5, 0.6) is 5.75 Å². The summed E-state index contributed by atoms with van der Waals surface area (Å²) >= 11 is 6.42. The molecule has 7 nitrogen and oxygen atoms in total. The van der Waals surface area contributed by atoms with Gasteiger partial charge in [0, 0.05) is 23.6 Å². The largest absolute Gasteiger partial charge is 0.491 e. The van der Waals surface area contributed by atoms with Crippen molar-refractivity contribution in [1.29, 1.82) is 0 Å². The van der Waals surface area contributed by atoms with Crippen molar-refractivity contribution in [2.45, 2.75) is 6.42 Å². The van der Waals surface area contributed by atoms with Crippen LogP contribution in [0.2, 0.25) is 0 Å². The lowest BCUT2D eigenvalue weighted by Crippen LogP contribution is -2.00. The van der Waals surface area contributed by atoms with E-state index < -0.39 is 4.92 Å². The summed E-state index contributed by atoms with van der Waals surface area (Å²) in [6, 6.07) is 2.74. The van der Waals surface area contributed by atoms with Gasteiger partial charge in [0.15, 0.2) is 0 Å². The molecule has 9 heteroatoms. The monoisotopic (exact) mass is 378 g/mol. The van der Waals surface area contributed by atoms with E-state index in [1.165, 1.54) is 12.1 Å². The Balaban J connectivity index is 2.71. The number of non-ortho nitro benzene ring substituents is 1. The summed E-state index contributed by atoms with van der Waals surface area (Å²) < 4.78 is 6.44. The zero-order valence-corrected chi connectivity index (χ0v) is 12.2. The second-order valence-corrected chi connectivity index (χ2v) is 4.86. The molecule has 0 spiro atoms. The van der Waals surface area contributed by atoms with Crippen molar-refractivity contribution < 1.29 is 9.66 Å². The Morgan fingerprint density at radius 2 is 2.06 bits per heavy atom. The standard InChI is InChI=1S/C9H8Br2N4O3/c10-7-4-6(15(16)17)5-8(11)9(7)18-3-1-2-13-14-12/h4-5H,1-3H2. The number of rotatable bonds is 6. The van der Waals surface area contributed by atoms with Gasteiger partial charge in [-0.25, -0.2) is 0 Å². The van der Waals surface area contributed by atoms with Crippen molar-refractivity contribution in [2.75, 3.05) is 13.2 Å². The van der Waals surface area contributed by atoms with Gasteiger partial charge in [-0.3, -0.25) is 10.1 Å². The molecule has 0 aliphatic heterocycles. The first kappa shape index (κ1) is 14.7. The van der Waals surface area contributed by atoms with Gasteiger partial charge < -0.3 is 4.74 Å². The molecule has 0 saturated heterocycles. The number of benzene rings is 1. The molecule has 0 heterocycles. The van der Waals surface area contributed by atoms with E-state index in [9.17, 15) is 10.1 Å². The summed E-state index contributed by atoms with van der Waals surface area (Å²) in [5.74, 6) is 0.488. The summed E-state index contributed by atoms with van der Waals surface area (Å²) in [6.07, 6.45) is 0.569. The molecular formula is C9H8Br2N4O3. The van der Waals surface area contributed by atoms with Crippen LogP contribution < -0.4 is 4.74 Å². The Bertz CT molecular complexity index is 480. The molecule has 0 N–H and O–H groups in total. The van der Waals surface area contributed by atoms with Crippen molar-refractivity contribution in [3.05, 3.63) is 41.6 Å². The molecule has 0 atom stereocenters. The molecule has 0 unspecified atom stereocenters. The maximum Gasteiger partial charge on any atom is 0.271 e. The average Bonchev–Trinajstić information content (AvgIpc) is 2.31. The fraction of sp³-hybridized carbons (Fsp3) is 0.333. The minimum atomic E-state index is -0.485. The van der Waals surface area contributed by atoms with Crippen LogP contribution in [0, 0.1) is 10.1 Å². The second-order valence-electron chi connectivity index (χ2n) is 3.15. The number of hydrogen-bond acceptors (Lipinski definition) is 4. The van der Waals surface area contributed by atoms with Gasteiger partial charge in [-0.2, -0.15) is 0 Å². The smallest absolute Gasteiger partial charge is 0.271 e. The number of hydrogen-bond donors (Lipinski definition) is 0. The van der Waals surface area contributed by atoms with Crippen molar-refractivity contribution in [1.82, 2.24) is 0 Å². The lowest BCUT2D eigenvalue weighted by atomic mass is 10.3. The third-order valence-corrected chi connectivity index (χ3v) is 3.08. The van der Waals surface area contributed by atoms with Crippen LogP contribution in [-0.2, 0) is 0 Å². The summed E-state index contributed by atoms with van der Waals surface area (Å²) in [7, 11) is 0. The highest BCUT2D eigenvalue weighted by Crippen LogP contribution is 2.37. The predicted octanol–water partition coefficient (Wildman–Crippen LogP) is 4.20. The topological polar surface area (TPSA) is 101 Å². The molecule has 0 amide bonds. The first-order valence-corrected chi connectivity index (χ1v) is 6.42. The average molecular weight is 380 g/mol. The zero-order valence-electron chi connectivity index (χ0n) is 9.05. The van der Waals surface area contributed by atoms with Crippen LogP contribution in [0.3, 0.4) is 0 Å². The Hall–Kier alpha value is -1.31. The van der Waals surface area contributed by atoms with Gasteiger partial charge in [0.05, 0.1) is 20.5 Å². The molecular weight excluding hydrogens is 372 g/mol. The lowest BCUT2D eigenvalue weighted by molar-refractivity contribution is -0.385. The van der Waals surface area contributed by atoms with E-state index in [0.29, 0.717) is 34.3 Å². The third kappa shape index (κ3) is 4.17. The normalized spacial score (nSPS) is 9.67. The van der Waals surface area contributed by atoms with Crippen LogP contribution in [0.25, 0.3) is 10.4 Å². The van der Waals surface area contributed by atoms with Crippen LogP contribution in [-0.4, -0.2) is 18.1 Å². The van der Waals surface area contributed by atoms with Crippen LogP contribution >= 0.6 is 31.9 Å². The SMILES string of the molecule is [N-]=[N+]=NCCCOc1c(Br)cc([N+](=O)[O-])cc1Br. The molecule has 96 valence electrons. The molecule has 1 aromatic rings. The van der Waals surface area contributed by atoms with E-state index >= 15 is 0 Å². The minimum absolute atomic E-state index is 0.0322. The fourth-order valence-electron chi connectivity index (χ4n) is 1.14. The van der Waals surface area contributed by atoms with Crippen molar-refractivity contribution >= 4 is 37.5 Å². The highest BCUT2D eigenvalue weighted by molar-refractivity contribution is 9.11. The quantitative estimate of drug-likeness (QED) is 0.185. The van der Waals surface area contributed by atoms with E-state index in [4.69, 9.17) is 10.3 Å². The molecule has 0 radical (unpaired) electrons. The highest BCUT2D eigenvalue weighted by atomic mass is 79.9. The van der Waals surface area contributed by atoms with E-state index in [1.807, 2.05) is 0 Å². The van der Waals surface area contributed by atoms with E-state index in [1.54, 1.807) is 0 Å². The maximum absolute atomic E-state index is 10.6. The Morgan fingerprint density at radius 1 is 1.44 bits per heavy atom. The van der Waals surface area contributed by atoms with Gasteiger partial charge in [-0.05, 0) is 43.8 Å². The van der Waals surface area contributed by atoms with Crippen molar-refractivity contribution in [3.63, 3.8) is 0 Å². The molecule has 1 rings (SSSR count). The van der Waals surface area contributed by atoms with E-state index in [-0.39, 0.29) is 5.69 Å². The number of azide groups is 1. The van der Waals surface area contributed by atoms with Crippen LogP contribution in [0.15, 0.2) is 26.2 Å². The molecule has 0 aliphatic rings. The number of ether oxygens (including phenoxy) is 1. The number of halogens is 2. The molecule has 0 bridgehead atoms. The maximum atomic E-state index is 10.6. The van der Waals surface area contributed by atoms with Crippen molar-refractivity contribution in [2.24, 2.45) is 5.11 Å². The summed E-state index contributed by atoms with van der Waals surface area (Å²) in [5, 5.41) is 14.0. The second kappa shape index (κ2) is 7.20. The van der Waals surface area contributed by atoms with Crippen LogP contribution in [0.1, 0.15) is 6.42 Å². The van der Waals surface area contributed by atoms with Gasteiger partial charge in [-0.15, -0.1) is 0 Å². The Morgan fingerprint density at radius 3 is 2.56 bits per heavy atom. The number of nitrogens with zero attached hydrogens (tertiary/aromatic N) is 4. The Kier molecular flexibility index (Phi) is 5.90. The lowest BCUT2D eigenvalue weighted by Gasteiger charge is -2.09. The zero-order chi connectivity index (χ0) is 13.5. The first-order valence-electron chi connectivity index (χ1n) is 4.83. The molecule has 0 aliphatic carbocycles. The molecule has 0 aromatic heterocycles. The summed E-state index contributed by atoms with van der Waals surface area (Å²) in [4.78, 5) is 12.8. The van der Waals surface area contributed by atoms with E-state index in [2.05, 4.69) is 41.9 Å². The van der Waals surface area contributed by atoms with Crippen molar-refractivity contribution in [3.8, 4) is 5.75 Å². The Labute approximate surface area is 119 Å². The molecule has 0 saturated carbocycles. The van der Waals surface area contributed by atoms with Crippen LogP contribution in [0.4, 0.5) is 5.69 Å². The number of nitro benzene ring substituents is 1. The summed E-state index contributed by atoms with van der Waals surface area (Å²) in [6.45, 7) is 0.701. The van der Waals surface area contributed by atoms with Gasteiger partial charge in [0.1, 0.15) is 5.75 Å². The van der Waals surface area contributed by atoms with Gasteiger partial charge in [0.25, 0.3) is 5.69 Å². The van der Waals surface area contributed by atoms with Gasteiger partial charge in [-0.1, -0.05) is 5.11 Å². The molecule has 0 fully saturated rings. The van der Waals surface area contributed by atoms with E-state index in [0.717, 1.165) is 0 Å². The molecule has 1 aromatic carbocycles. The minimum Gasteiger partial charge on any atom is -0.491 e. The fourth-order valence-corrected chi connectivity index (χ4v) is 2.54. The first-order chi connectivity index (χ1) is 8.56. The third-order valence-electron chi connectivity index (χ3n) is 1.91. The predicted molar refractivity (Wildman–Crippen MR) is 72.6 cm³/mol. The molecule has 18 heavy (non-hydrogen) atoms. The van der Waals surface area contributed by atoms with Gasteiger partial charge >= 0.3 is 0 Å².